The fourth-order valence-electron chi connectivity index (χ4n) is 1.77. The molecule has 4 nitrogen and oxygen atoms in total. The van der Waals surface area contributed by atoms with Crippen LogP contribution in [0.5, 0.6) is 5.75 Å². The number of alkyl halides is 1. The Bertz CT molecular complexity index is 435. The zero-order valence-corrected chi connectivity index (χ0v) is 13.0. The topological polar surface area (TPSA) is 47.6 Å². The summed E-state index contributed by atoms with van der Waals surface area (Å²) in [7, 11) is 0. The summed E-state index contributed by atoms with van der Waals surface area (Å²) in [5.74, 6) is 1.27. The van der Waals surface area contributed by atoms with Crippen molar-refractivity contribution in [3.05, 3.63) is 23.8 Å². The van der Waals surface area contributed by atoms with Crippen LogP contribution in [0.15, 0.2) is 18.2 Å². The third-order valence-corrected chi connectivity index (χ3v) is 2.66. The Morgan fingerprint density at radius 1 is 1.40 bits per heavy atom. The second-order valence-corrected chi connectivity index (χ2v) is 5.07. The Balaban J connectivity index is 2.78. The first kappa shape index (κ1) is 16.6. The number of anilines is 1. The largest absolute Gasteiger partial charge is 0.492 e. The van der Waals surface area contributed by atoms with Crippen molar-refractivity contribution in [2.45, 2.75) is 39.7 Å². The van der Waals surface area contributed by atoms with Gasteiger partial charge in [-0.1, -0.05) is 13.3 Å². The molecule has 112 valence electrons. The van der Waals surface area contributed by atoms with E-state index in [0.717, 1.165) is 24.2 Å². The second-order valence-electron chi connectivity index (χ2n) is 4.69. The SMILES string of the molecule is CCCc1cc(NC(=O)OC(C)C)ccc1OCCCl. The summed E-state index contributed by atoms with van der Waals surface area (Å²) < 4.78 is 10.6. The standard InChI is InChI=1S/C15H22ClNO3/c1-4-5-12-10-13(17-15(18)20-11(2)3)6-7-14(12)19-9-8-16/h6-7,10-11H,4-5,8-9H2,1-3H3,(H,17,18). The van der Waals surface area contributed by atoms with Crippen LogP contribution in [-0.2, 0) is 11.2 Å². The summed E-state index contributed by atoms with van der Waals surface area (Å²) >= 11 is 5.63. The van der Waals surface area contributed by atoms with Crippen molar-refractivity contribution in [1.82, 2.24) is 0 Å². The molecule has 0 aliphatic heterocycles. The molecular weight excluding hydrogens is 278 g/mol. The molecule has 1 amide bonds. The van der Waals surface area contributed by atoms with Gasteiger partial charge in [-0.05, 0) is 44.0 Å². The molecule has 0 aliphatic rings. The van der Waals surface area contributed by atoms with E-state index in [0.29, 0.717) is 18.2 Å². The minimum atomic E-state index is -0.447. The Hall–Kier alpha value is -1.42. The minimum Gasteiger partial charge on any atom is -0.492 e. The minimum absolute atomic E-state index is 0.142. The lowest BCUT2D eigenvalue weighted by Crippen LogP contribution is -2.18. The lowest BCUT2D eigenvalue weighted by atomic mass is 10.1. The zero-order chi connectivity index (χ0) is 15.0. The number of carbonyl (C=O) groups excluding carboxylic acids is 1. The first-order chi connectivity index (χ1) is 9.56. The maximum absolute atomic E-state index is 11.6. The molecule has 0 fully saturated rings. The Morgan fingerprint density at radius 3 is 2.75 bits per heavy atom. The lowest BCUT2D eigenvalue weighted by Gasteiger charge is -2.13. The highest BCUT2D eigenvalue weighted by atomic mass is 35.5. The van der Waals surface area contributed by atoms with E-state index in [1.807, 2.05) is 26.0 Å². The van der Waals surface area contributed by atoms with Gasteiger partial charge in [0.1, 0.15) is 12.4 Å². The lowest BCUT2D eigenvalue weighted by molar-refractivity contribution is 0.130. The second kappa shape index (κ2) is 8.69. The summed E-state index contributed by atoms with van der Waals surface area (Å²) in [5.41, 5.74) is 1.76. The maximum atomic E-state index is 11.6. The number of hydrogen-bond acceptors (Lipinski definition) is 3. The molecule has 0 bridgehead atoms. The van der Waals surface area contributed by atoms with Gasteiger partial charge in [-0.3, -0.25) is 5.32 Å². The number of carbonyl (C=O) groups is 1. The number of amides is 1. The van der Waals surface area contributed by atoms with Gasteiger partial charge >= 0.3 is 6.09 Å². The highest BCUT2D eigenvalue weighted by Crippen LogP contribution is 2.24. The van der Waals surface area contributed by atoms with Gasteiger partial charge in [-0.15, -0.1) is 11.6 Å². The summed E-state index contributed by atoms with van der Waals surface area (Å²) in [6.07, 6.45) is 1.29. The number of halogens is 1. The van der Waals surface area contributed by atoms with Crippen LogP contribution in [0.1, 0.15) is 32.8 Å². The molecule has 1 aromatic carbocycles. The maximum Gasteiger partial charge on any atom is 0.411 e. The van der Waals surface area contributed by atoms with Gasteiger partial charge in [0.2, 0.25) is 0 Å². The molecule has 1 aromatic rings. The van der Waals surface area contributed by atoms with Crippen LogP contribution in [0.25, 0.3) is 0 Å². The third-order valence-electron chi connectivity index (χ3n) is 2.50. The van der Waals surface area contributed by atoms with Gasteiger partial charge < -0.3 is 9.47 Å². The van der Waals surface area contributed by atoms with E-state index in [1.54, 1.807) is 6.07 Å². The van der Waals surface area contributed by atoms with Crippen LogP contribution in [0.3, 0.4) is 0 Å². The molecule has 0 aliphatic carbocycles. The van der Waals surface area contributed by atoms with Crippen LogP contribution in [0, 0.1) is 0 Å². The van der Waals surface area contributed by atoms with Crippen LogP contribution in [0.4, 0.5) is 10.5 Å². The highest BCUT2D eigenvalue weighted by Gasteiger charge is 2.09. The molecule has 0 spiro atoms. The summed E-state index contributed by atoms with van der Waals surface area (Å²) in [4.78, 5) is 11.6. The number of benzene rings is 1. The predicted octanol–water partition coefficient (Wildman–Crippen LogP) is 4.21. The van der Waals surface area contributed by atoms with E-state index in [4.69, 9.17) is 21.1 Å². The molecule has 0 aromatic heterocycles. The van der Waals surface area contributed by atoms with Crippen molar-refractivity contribution in [3.63, 3.8) is 0 Å². The Morgan fingerprint density at radius 2 is 2.15 bits per heavy atom. The number of ether oxygens (including phenoxy) is 2. The van der Waals surface area contributed by atoms with Crippen LogP contribution in [0.2, 0.25) is 0 Å². The molecular formula is C15H22ClNO3. The fraction of sp³-hybridized carbons (Fsp3) is 0.533. The van der Waals surface area contributed by atoms with E-state index in [2.05, 4.69) is 12.2 Å². The quantitative estimate of drug-likeness (QED) is 0.767. The summed E-state index contributed by atoms with van der Waals surface area (Å²) in [5, 5.41) is 2.71. The summed E-state index contributed by atoms with van der Waals surface area (Å²) in [6.45, 7) is 6.19. The number of aryl methyl sites for hydroxylation is 1. The van der Waals surface area contributed by atoms with Gasteiger partial charge in [-0.2, -0.15) is 0 Å². The van der Waals surface area contributed by atoms with Crippen molar-refractivity contribution in [2.24, 2.45) is 0 Å². The van der Waals surface area contributed by atoms with E-state index in [9.17, 15) is 4.79 Å². The number of nitrogens with one attached hydrogen (secondary N) is 1. The zero-order valence-electron chi connectivity index (χ0n) is 12.2. The van der Waals surface area contributed by atoms with Crippen molar-refractivity contribution < 1.29 is 14.3 Å². The molecule has 1 N–H and O–H groups in total. The first-order valence-electron chi connectivity index (χ1n) is 6.86. The molecule has 20 heavy (non-hydrogen) atoms. The van der Waals surface area contributed by atoms with Crippen molar-refractivity contribution in [1.29, 1.82) is 0 Å². The van der Waals surface area contributed by atoms with Gasteiger partial charge in [-0.25, -0.2) is 4.79 Å². The van der Waals surface area contributed by atoms with E-state index < -0.39 is 6.09 Å². The molecule has 0 atom stereocenters. The Kier molecular flexibility index (Phi) is 7.23. The number of rotatable bonds is 7. The highest BCUT2D eigenvalue weighted by molar-refractivity contribution is 6.18. The van der Waals surface area contributed by atoms with E-state index >= 15 is 0 Å². The Labute approximate surface area is 125 Å². The average Bonchev–Trinajstić information content (AvgIpc) is 2.37. The summed E-state index contributed by atoms with van der Waals surface area (Å²) in [6, 6.07) is 5.56. The van der Waals surface area contributed by atoms with Gasteiger partial charge in [0.05, 0.1) is 12.0 Å². The monoisotopic (exact) mass is 299 g/mol. The third kappa shape index (κ3) is 5.70. The smallest absolute Gasteiger partial charge is 0.411 e. The molecule has 0 radical (unpaired) electrons. The van der Waals surface area contributed by atoms with Crippen molar-refractivity contribution in [2.75, 3.05) is 17.8 Å². The van der Waals surface area contributed by atoms with Crippen molar-refractivity contribution >= 4 is 23.4 Å². The van der Waals surface area contributed by atoms with Crippen molar-refractivity contribution in [3.8, 4) is 5.75 Å². The van der Waals surface area contributed by atoms with Gasteiger partial charge in [0.15, 0.2) is 0 Å². The van der Waals surface area contributed by atoms with Gasteiger partial charge in [0, 0.05) is 5.69 Å². The van der Waals surface area contributed by atoms with Gasteiger partial charge in [0.25, 0.3) is 0 Å². The van der Waals surface area contributed by atoms with Crippen LogP contribution in [-0.4, -0.2) is 24.7 Å². The fourth-order valence-corrected chi connectivity index (χ4v) is 1.85. The van der Waals surface area contributed by atoms with E-state index in [-0.39, 0.29) is 6.10 Å². The molecule has 0 heterocycles. The number of hydrogen-bond donors (Lipinski definition) is 1. The van der Waals surface area contributed by atoms with E-state index in [1.165, 1.54) is 0 Å². The molecule has 0 saturated heterocycles. The average molecular weight is 300 g/mol. The normalized spacial score (nSPS) is 10.4. The first-order valence-corrected chi connectivity index (χ1v) is 7.39. The molecule has 0 unspecified atom stereocenters. The molecule has 1 rings (SSSR count). The molecule has 5 heteroatoms. The van der Waals surface area contributed by atoms with Crippen LogP contribution >= 0.6 is 11.6 Å². The van der Waals surface area contributed by atoms with Crippen LogP contribution < -0.4 is 10.1 Å². The predicted molar refractivity (Wildman–Crippen MR) is 81.9 cm³/mol. The molecule has 0 saturated carbocycles.